The van der Waals surface area contributed by atoms with Gasteiger partial charge >= 0.3 is 0 Å². The maximum absolute atomic E-state index is 9.22. The van der Waals surface area contributed by atoms with Crippen LogP contribution in [0.15, 0.2) is 0 Å². The lowest BCUT2D eigenvalue weighted by atomic mass is 10.0. The fraction of sp³-hybridized carbons (Fsp3) is 1.00. The predicted octanol–water partition coefficient (Wildman–Crippen LogP) is 0.299. The number of rotatable bonds is 4. The molecule has 0 radical (unpaired) electrons. The van der Waals surface area contributed by atoms with Gasteiger partial charge in [0.15, 0.2) is 0 Å². The molecule has 0 amide bonds. The Hall–Kier alpha value is -0.120. The van der Waals surface area contributed by atoms with Crippen LogP contribution in [-0.4, -0.2) is 48.8 Å². The second-order valence-corrected chi connectivity index (χ2v) is 4.60. The SMILES string of the molecule is CNC(C)(CO)CN1CCC(C)C1. The summed E-state index contributed by atoms with van der Waals surface area (Å²) in [5, 5.41) is 12.4. The van der Waals surface area contributed by atoms with Crippen molar-refractivity contribution in [3.8, 4) is 0 Å². The van der Waals surface area contributed by atoms with E-state index in [-0.39, 0.29) is 12.1 Å². The van der Waals surface area contributed by atoms with Crippen LogP contribution in [-0.2, 0) is 0 Å². The van der Waals surface area contributed by atoms with Crippen LogP contribution in [0.4, 0.5) is 0 Å². The molecule has 1 aliphatic rings. The lowest BCUT2D eigenvalue weighted by Crippen LogP contribution is -2.52. The van der Waals surface area contributed by atoms with Crippen molar-refractivity contribution in [2.75, 3.05) is 33.3 Å². The Labute approximate surface area is 81.1 Å². The molecule has 0 aromatic carbocycles. The Bertz CT molecular complexity index is 157. The van der Waals surface area contributed by atoms with Gasteiger partial charge in [-0.15, -0.1) is 0 Å². The standard InChI is InChI=1S/C10H22N2O/c1-9-4-5-12(6-9)7-10(2,8-13)11-3/h9,11,13H,4-8H2,1-3H3. The van der Waals surface area contributed by atoms with E-state index in [1.165, 1.54) is 19.5 Å². The summed E-state index contributed by atoms with van der Waals surface area (Å²) in [6.45, 7) is 7.86. The number of aliphatic hydroxyl groups excluding tert-OH is 1. The van der Waals surface area contributed by atoms with E-state index >= 15 is 0 Å². The molecule has 13 heavy (non-hydrogen) atoms. The molecule has 1 saturated heterocycles. The molecule has 78 valence electrons. The van der Waals surface area contributed by atoms with Gasteiger partial charge in [0, 0.05) is 13.1 Å². The molecule has 1 fully saturated rings. The van der Waals surface area contributed by atoms with Gasteiger partial charge in [0.2, 0.25) is 0 Å². The minimum atomic E-state index is -0.135. The molecule has 3 heteroatoms. The van der Waals surface area contributed by atoms with E-state index in [9.17, 15) is 5.11 Å². The molecule has 0 bridgehead atoms. The molecule has 0 aliphatic carbocycles. The summed E-state index contributed by atoms with van der Waals surface area (Å²) in [6.07, 6.45) is 1.30. The Morgan fingerprint density at radius 3 is 2.69 bits per heavy atom. The van der Waals surface area contributed by atoms with Crippen molar-refractivity contribution in [1.29, 1.82) is 0 Å². The summed E-state index contributed by atoms with van der Waals surface area (Å²) in [6, 6.07) is 0. The van der Waals surface area contributed by atoms with Crippen LogP contribution in [0.25, 0.3) is 0 Å². The molecule has 2 N–H and O–H groups in total. The number of hydrogen-bond acceptors (Lipinski definition) is 3. The average Bonchev–Trinajstić information content (AvgIpc) is 2.51. The minimum Gasteiger partial charge on any atom is -0.394 e. The molecular formula is C10H22N2O. The number of aliphatic hydroxyl groups is 1. The Balaban J connectivity index is 2.38. The highest BCUT2D eigenvalue weighted by molar-refractivity contribution is 4.87. The van der Waals surface area contributed by atoms with Crippen molar-refractivity contribution in [2.24, 2.45) is 5.92 Å². The van der Waals surface area contributed by atoms with Gasteiger partial charge in [-0.25, -0.2) is 0 Å². The van der Waals surface area contributed by atoms with Crippen molar-refractivity contribution in [3.63, 3.8) is 0 Å². The quantitative estimate of drug-likeness (QED) is 0.663. The van der Waals surface area contributed by atoms with E-state index in [0.29, 0.717) is 0 Å². The summed E-state index contributed by atoms with van der Waals surface area (Å²) in [5.74, 6) is 0.819. The van der Waals surface area contributed by atoms with Crippen LogP contribution < -0.4 is 5.32 Å². The molecule has 0 spiro atoms. The van der Waals surface area contributed by atoms with Gasteiger partial charge in [-0.3, -0.25) is 0 Å². The fourth-order valence-corrected chi connectivity index (χ4v) is 1.87. The third-order valence-corrected chi connectivity index (χ3v) is 3.03. The van der Waals surface area contributed by atoms with Gasteiger partial charge in [0.1, 0.15) is 0 Å². The molecule has 2 unspecified atom stereocenters. The van der Waals surface area contributed by atoms with Crippen molar-refractivity contribution in [1.82, 2.24) is 10.2 Å². The number of nitrogens with one attached hydrogen (secondary N) is 1. The molecule has 0 saturated carbocycles. The first kappa shape index (κ1) is 11.0. The van der Waals surface area contributed by atoms with E-state index in [4.69, 9.17) is 0 Å². The number of hydrogen-bond donors (Lipinski definition) is 2. The summed E-state index contributed by atoms with van der Waals surface area (Å²) in [7, 11) is 1.91. The average molecular weight is 186 g/mol. The number of nitrogens with zero attached hydrogens (tertiary/aromatic N) is 1. The lowest BCUT2D eigenvalue weighted by molar-refractivity contribution is 0.137. The first-order chi connectivity index (χ1) is 6.09. The molecule has 0 aromatic rings. The highest BCUT2D eigenvalue weighted by Crippen LogP contribution is 2.17. The van der Waals surface area contributed by atoms with Gasteiger partial charge in [-0.05, 0) is 32.9 Å². The largest absolute Gasteiger partial charge is 0.394 e. The van der Waals surface area contributed by atoms with Gasteiger partial charge < -0.3 is 15.3 Å². The third kappa shape index (κ3) is 2.93. The number of likely N-dealkylation sites (tertiary alicyclic amines) is 1. The molecule has 2 atom stereocenters. The highest BCUT2D eigenvalue weighted by Gasteiger charge is 2.27. The molecule has 0 aromatic heterocycles. The van der Waals surface area contributed by atoms with Crippen LogP contribution in [0.5, 0.6) is 0 Å². The smallest absolute Gasteiger partial charge is 0.0623 e. The maximum Gasteiger partial charge on any atom is 0.0623 e. The predicted molar refractivity (Wildman–Crippen MR) is 54.8 cm³/mol. The van der Waals surface area contributed by atoms with E-state index in [1.807, 2.05) is 7.05 Å². The van der Waals surface area contributed by atoms with Gasteiger partial charge in [0.25, 0.3) is 0 Å². The van der Waals surface area contributed by atoms with Crippen molar-refractivity contribution in [2.45, 2.75) is 25.8 Å². The van der Waals surface area contributed by atoms with Gasteiger partial charge in [0.05, 0.1) is 12.1 Å². The molecule has 1 heterocycles. The van der Waals surface area contributed by atoms with E-state index < -0.39 is 0 Å². The van der Waals surface area contributed by atoms with E-state index in [2.05, 4.69) is 24.1 Å². The summed E-state index contributed by atoms with van der Waals surface area (Å²) in [4.78, 5) is 2.43. The van der Waals surface area contributed by atoms with Crippen LogP contribution in [0, 0.1) is 5.92 Å². The lowest BCUT2D eigenvalue weighted by Gasteiger charge is -2.31. The Morgan fingerprint density at radius 1 is 1.62 bits per heavy atom. The summed E-state index contributed by atoms with van der Waals surface area (Å²) in [5.41, 5.74) is -0.135. The Morgan fingerprint density at radius 2 is 2.31 bits per heavy atom. The normalized spacial score (nSPS) is 29.1. The highest BCUT2D eigenvalue weighted by atomic mass is 16.3. The third-order valence-electron chi connectivity index (χ3n) is 3.03. The molecule has 1 rings (SSSR count). The second kappa shape index (κ2) is 4.40. The summed E-state index contributed by atoms with van der Waals surface area (Å²) < 4.78 is 0. The topological polar surface area (TPSA) is 35.5 Å². The first-order valence-electron chi connectivity index (χ1n) is 5.12. The van der Waals surface area contributed by atoms with Crippen molar-refractivity contribution < 1.29 is 5.11 Å². The zero-order valence-corrected chi connectivity index (χ0v) is 9.01. The second-order valence-electron chi connectivity index (χ2n) is 4.60. The fourth-order valence-electron chi connectivity index (χ4n) is 1.87. The van der Waals surface area contributed by atoms with Crippen molar-refractivity contribution >= 4 is 0 Å². The Kier molecular flexibility index (Phi) is 3.71. The molecule has 3 nitrogen and oxygen atoms in total. The van der Waals surface area contributed by atoms with E-state index in [1.54, 1.807) is 0 Å². The van der Waals surface area contributed by atoms with Crippen LogP contribution >= 0.6 is 0 Å². The van der Waals surface area contributed by atoms with E-state index in [0.717, 1.165) is 12.5 Å². The van der Waals surface area contributed by atoms with Crippen LogP contribution in [0.3, 0.4) is 0 Å². The summed E-state index contributed by atoms with van der Waals surface area (Å²) >= 11 is 0. The zero-order chi connectivity index (χ0) is 9.90. The number of likely N-dealkylation sites (N-methyl/N-ethyl adjacent to an activating group) is 1. The molecular weight excluding hydrogens is 164 g/mol. The zero-order valence-electron chi connectivity index (χ0n) is 9.01. The van der Waals surface area contributed by atoms with Gasteiger partial charge in [-0.2, -0.15) is 0 Å². The monoisotopic (exact) mass is 186 g/mol. The van der Waals surface area contributed by atoms with Gasteiger partial charge in [-0.1, -0.05) is 6.92 Å². The maximum atomic E-state index is 9.22. The van der Waals surface area contributed by atoms with Crippen molar-refractivity contribution in [3.05, 3.63) is 0 Å². The first-order valence-corrected chi connectivity index (χ1v) is 5.12. The minimum absolute atomic E-state index is 0.135. The van der Waals surface area contributed by atoms with Crippen LogP contribution in [0.2, 0.25) is 0 Å². The van der Waals surface area contributed by atoms with Crippen LogP contribution in [0.1, 0.15) is 20.3 Å². The molecule has 1 aliphatic heterocycles.